The van der Waals surface area contributed by atoms with Crippen LogP contribution in [-0.4, -0.2) is 26.3 Å². The van der Waals surface area contributed by atoms with Gasteiger partial charge in [0.25, 0.3) is 10.0 Å². The number of ether oxygens (including phenoxy) is 1. The molecule has 0 saturated carbocycles. The van der Waals surface area contributed by atoms with E-state index in [2.05, 4.69) is 32.3 Å². The third kappa shape index (κ3) is 5.02. The number of hydrogen-bond donors (Lipinski definition) is 1. The van der Waals surface area contributed by atoms with Gasteiger partial charge in [-0.3, -0.25) is 9.52 Å². The van der Waals surface area contributed by atoms with Gasteiger partial charge in [-0.25, -0.2) is 13.4 Å². The number of aromatic nitrogens is 1. The molecule has 162 valence electrons. The highest BCUT2D eigenvalue weighted by molar-refractivity contribution is 14.1. The van der Waals surface area contributed by atoms with Crippen molar-refractivity contribution in [1.82, 2.24) is 4.98 Å². The van der Waals surface area contributed by atoms with Gasteiger partial charge in [0.05, 0.1) is 28.3 Å². The van der Waals surface area contributed by atoms with Crippen molar-refractivity contribution in [2.45, 2.75) is 23.2 Å². The van der Waals surface area contributed by atoms with Crippen molar-refractivity contribution in [3.8, 4) is 5.75 Å². The summed E-state index contributed by atoms with van der Waals surface area (Å²) < 4.78 is 34.7. The summed E-state index contributed by atoms with van der Waals surface area (Å²) >= 11 is 8.29. The first-order valence-corrected chi connectivity index (χ1v) is 12.6. The number of pyridine rings is 1. The van der Waals surface area contributed by atoms with Gasteiger partial charge >= 0.3 is 0 Å². The predicted molar refractivity (Wildman–Crippen MR) is 130 cm³/mol. The number of nitrogens with zero attached hydrogens (tertiary/aromatic N) is 1. The van der Waals surface area contributed by atoms with Gasteiger partial charge in [0.1, 0.15) is 11.4 Å². The number of sulfonamides is 1. The van der Waals surface area contributed by atoms with E-state index in [9.17, 15) is 13.2 Å². The van der Waals surface area contributed by atoms with Crippen LogP contribution in [0.15, 0.2) is 53.6 Å². The SMILES string of the molecule is COc1cccc(C)c1C(=O)c1ncc(Cl)cc1NS(=O)(=O)c1ccc(CI)c(C)c1. The van der Waals surface area contributed by atoms with Gasteiger partial charge in [-0.15, -0.1) is 0 Å². The molecule has 0 atom stereocenters. The molecule has 3 rings (SSSR count). The molecule has 0 fully saturated rings. The molecule has 0 amide bonds. The second-order valence-corrected chi connectivity index (χ2v) is 9.74. The van der Waals surface area contributed by atoms with Crippen LogP contribution in [0.1, 0.15) is 32.7 Å². The minimum Gasteiger partial charge on any atom is -0.496 e. The summed E-state index contributed by atoms with van der Waals surface area (Å²) in [7, 11) is -2.51. The molecule has 1 N–H and O–H groups in total. The van der Waals surface area contributed by atoms with Gasteiger partial charge < -0.3 is 4.74 Å². The van der Waals surface area contributed by atoms with Crippen LogP contribution in [0, 0.1) is 13.8 Å². The molecule has 0 bridgehead atoms. The quantitative estimate of drug-likeness (QED) is 0.236. The lowest BCUT2D eigenvalue weighted by atomic mass is 10.0. The normalized spacial score (nSPS) is 11.3. The molecule has 9 heteroatoms. The summed E-state index contributed by atoms with van der Waals surface area (Å²) in [6, 6.07) is 11.5. The van der Waals surface area contributed by atoms with E-state index in [4.69, 9.17) is 16.3 Å². The number of hydrogen-bond acceptors (Lipinski definition) is 5. The summed E-state index contributed by atoms with van der Waals surface area (Å²) in [5, 5.41) is 0.197. The highest BCUT2D eigenvalue weighted by Gasteiger charge is 2.25. The van der Waals surface area contributed by atoms with Gasteiger partial charge in [-0.05, 0) is 54.8 Å². The number of ketones is 1. The third-order valence-corrected chi connectivity index (χ3v) is 7.16. The second kappa shape index (κ2) is 9.54. The van der Waals surface area contributed by atoms with Crippen LogP contribution in [0.5, 0.6) is 5.75 Å². The Hall–Kier alpha value is -2.17. The van der Waals surface area contributed by atoms with E-state index in [-0.39, 0.29) is 21.3 Å². The van der Waals surface area contributed by atoms with Crippen LogP contribution in [0.4, 0.5) is 5.69 Å². The zero-order valence-electron chi connectivity index (χ0n) is 17.1. The van der Waals surface area contributed by atoms with Gasteiger partial charge in [-0.1, -0.05) is 52.4 Å². The maximum atomic E-state index is 13.3. The number of methoxy groups -OCH3 is 1. The van der Waals surface area contributed by atoms with E-state index in [1.165, 1.54) is 25.4 Å². The number of alkyl halides is 1. The van der Waals surface area contributed by atoms with Crippen LogP contribution in [0.3, 0.4) is 0 Å². The van der Waals surface area contributed by atoms with Crippen molar-refractivity contribution in [3.05, 3.63) is 81.6 Å². The van der Waals surface area contributed by atoms with Gasteiger partial charge in [0, 0.05) is 10.6 Å². The fourth-order valence-electron chi connectivity index (χ4n) is 3.11. The Kier molecular flexibility index (Phi) is 7.23. The molecule has 0 aliphatic carbocycles. The van der Waals surface area contributed by atoms with E-state index in [0.717, 1.165) is 15.6 Å². The van der Waals surface area contributed by atoms with Gasteiger partial charge in [-0.2, -0.15) is 0 Å². The summed E-state index contributed by atoms with van der Waals surface area (Å²) in [4.78, 5) is 17.5. The lowest BCUT2D eigenvalue weighted by molar-refractivity contribution is 0.103. The number of halogens is 2. The maximum Gasteiger partial charge on any atom is 0.261 e. The molecule has 0 unspecified atom stereocenters. The van der Waals surface area contributed by atoms with E-state index >= 15 is 0 Å². The maximum absolute atomic E-state index is 13.3. The van der Waals surface area contributed by atoms with E-state index < -0.39 is 15.8 Å². The Morgan fingerprint density at radius 1 is 1.16 bits per heavy atom. The molecule has 0 aliphatic rings. The fraction of sp³-hybridized carbons (Fsp3) is 0.182. The molecule has 3 aromatic rings. The Morgan fingerprint density at radius 3 is 2.55 bits per heavy atom. The van der Waals surface area contributed by atoms with Crippen molar-refractivity contribution in [3.63, 3.8) is 0 Å². The first kappa shape index (κ1) is 23.5. The molecule has 0 aliphatic heterocycles. The standard InChI is InChI=1S/C22H20ClIN2O4S/c1-13-5-4-6-19(30-3)20(13)22(27)21-18(10-16(23)12-25-21)26-31(28,29)17-8-7-15(11-24)14(2)9-17/h4-10,12,26H,11H2,1-3H3. The summed E-state index contributed by atoms with van der Waals surface area (Å²) in [6.07, 6.45) is 1.30. The van der Waals surface area contributed by atoms with Crippen LogP contribution < -0.4 is 9.46 Å². The Morgan fingerprint density at radius 2 is 1.90 bits per heavy atom. The van der Waals surface area contributed by atoms with Crippen molar-refractivity contribution in [2.24, 2.45) is 0 Å². The first-order valence-electron chi connectivity index (χ1n) is 9.20. The Balaban J connectivity index is 2.07. The molecular formula is C22H20ClIN2O4S. The zero-order valence-corrected chi connectivity index (χ0v) is 20.8. The topological polar surface area (TPSA) is 85.4 Å². The molecule has 0 saturated heterocycles. The minimum atomic E-state index is -3.98. The molecule has 0 radical (unpaired) electrons. The van der Waals surface area contributed by atoms with Crippen molar-refractivity contribution < 1.29 is 17.9 Å². The number of benzene rings is 2. The number of anilines is 1. The molecule has 0 spiro atoms. The number of carbonyl (C=O) groups excluding carboxylic acids is 1. The fourth-order valence-corrected chi connectivity index (χ4v) is 5.26. The number of rotatable bonds is 7. The average Bonchev–Trinajstić information content (AvgIpc) is 2.72. The number of nitrogens with one attached hydrogen (secondary N) is 1. The lowest BCUT2D eigenvalue weighted by Gasteiger charge is -2.15. The summed E-state index contributed by atoms with van der Waals surface area (Å²) in [5.74, 6) is -0.0960. The molecule has 2 aromatic carbocycles. The highest BCUT2D eigenvalue weighted by atomic mass is 127. The molecule has 1 aromatic heterocycles. The largest absolute Gasteiger partial charge is 0.496 e. The Labute approximate surface area is 200 Å². The smallest absolute Gasteiger partial charge is 0.261 e. The number of aryl methyl sites for hydroxylation is 2. The van der Waals surface area contributed by atoms with E-state index in [1.807, 2.05) is 6.92 Å². The highest BCUT2D eigenvalue weighted by Crippen LogP contribution is 2.29. The van der Waals surface area contributed by atoms with Crippen LogP contribution in [-0.2, 0) is 14.5 Å². The minimum absolute atomic E-state index is 0.00146. The van der Waals surface area contributed by atoms with Crippen molar-refractivity contribution in [2.75, 3.05) is 11.8 Å². The Bertz CT molecular complexity index is 1260. The molecule has 1 heterocycles. The average molecular weight is 571 g/mol. The second-order valence-electron chi connectivity index (χ2n) is 6.86. The van der Waals surface area contributed by atoms with Crippen molar-refractivity contribution >= 4 is 55.7 Å². The van der Waals surface area contributed by atoms with Crippen LogP contribution in [0.25, 0.3) is 0 Å². The molecule has 6 nitrogen and oxygen atoms in total. The van der Waals surface area contributed by atoms with E-state index in [1.54, 1.807) is 37.3 Å². The van der Waals surface area contributed by atoms with Gasteiger partial charge in [0.2, 0.25) is 5.78 Å². The first-order chi connectivity index (χ1) is 14.7. The van der Waals surface area contributed by atoms with Crippen molar-refractivity contribution in [1.29, 1.82) is 0 Å². The van der Waals surface area contributed by atoms with Crippen LogP contribution in [0.2, 0.25) is 5.02 Å². The predicted octanol–water partition coefficient (Wildman–Crippen LogP) is 5.33. The summed E-state index contributed by atoms with van der Waals surface area (Å²) in [6.45, 7) is 3.63. The molecule has 31 heavy (non-hydrogen) atoms. The van der Waals surface area contributed by atoms with Gasteiger partial charge in [0.15, 0.2) is 0 Å². The molecular weight excluding hydrogens is 551 g/mol. The van der Waals surface area contributed by atoms with Crippen LogP contribution >= 0.6 is 34.2 Å². The third-order valence-electron chi connectivity index (χ3n) is 4.76. The monoisotopic (exact) mass is 570 g/mol. The number of carbonyl (C=O) groups is 1. The zero-order chi connectivity index (χ0) is 22.8. The van der Waals surface area contributed by atoms with E-state index in [0.29, 0.717) is 16.9 Å². The summed E-state index contributed by atoms with van der Waals surface area (Å²) in [5.41, 5.74) is 2.83. The lowest BCUT2D eigenvalue weighted by Crippen LogP contribution is -2.18.